The first-order valence-electron chi connectivity index (χ1n) is 9.38. The fourth-order valence-electron chi connectivity index (χ4n) is 4.26. The minimum absolute atomic E-state index is 0.666. The van der Waals surface area contributed by atoms with Gasteiger partial charge in [-0.3, -0.25) is 4.90 Å². The van der Waals surface area contributed by atoms with E-state index < -0.39 is 0 Å². The van der Waals surface area contributed by atoms with E-state index in [2.05, 4.69) is 78.2 Å². The molecule has 1 aromatic heterocycles. The number of aromatic nitrogens is 2. The van der Waals surface area contributed by atoms with Crippen molar-refractivity contribution < 1.29 is 0 Å². The van der Waals surface area contributed by atoms with Crippen molar-refractivity contribution >= 4 is 11.0 Å². The van der Waals surface area contributed by atoms with Gasteiger partial charge in [0.1, 0.15) is 5.82 Å². The SMILES string of the molecule is CN(Cc1nc2ccccc2n1C)C1CCC(c2ccccc2)CC1. The summed E-state index contributed by atoms with van der Waals surface area (Å²) in [6.07, 6.45) is 5.14. The number of hydrogen-bond donors (Lipinski definition) is 0. The third-order valence-corrected chi connectivity index (χ3v) is 5.86. The van der Waals surface area contributed by atoms with Crippen LogP contribution in [0.15, 0.2) is 54.6 Å². The van der Waals surface area contributed by atoms with Crippen molar-refractivity contribution in [1.82, 2.24) is 14.5 Å². The Bertz CT molecular complexity index is 829. The molecule has 0 N–H and O–H groups in total. The highest BCUT2D eigenvalue weighted by Gasteiger charge is 2.25. The van der Waals surface area contributed by atoms with Gasteiger partial charge in [0, 0.05) is 13.1 Å². The van der Waals surface area contributed by atoms with E-state index in [1.165, 1.54) is 36.8 Å². The summed E-state index contributed by atoms with van der Waals surface area (Å²) in [4.78, 5) is 7.33. The monoisotopic (exact) mass is 333 g/mol. The summed E-state index contributed by atoms with van der Waals surface area (Å²) in [6.45, 7) is 0.922. The van der Waals surface area contributed by atoms with E-state index in [-0.39, 0.29) is 0 Å². The summed E-state index contributed by atoms with van der Waals surface area (Å²) in [5, 5.41) is 0. The third kappa shape index (κ3) is 3.34. The average molecular weight is 333 g/mol. The van der Waals surface area contributed by atoms with Crippen LogP contribution in [0.25, 0.3) is 11.0 Å². The molecule has 1 aliphatic carbocycles. The lowest BCUT2D eigenvalue weighted by Crippen LogP contribution is -2.35. The molecule has 0 saturated heterocycles. The number of imidazole rings is 1. The van der Waals surface area contributed by atoms with Gasteiger partial charge < -0.3 is 4.57 Å². The molecule has 3 aromatic rings. The van der Waals surface area contributed by atoms with Crippen LogP contribution in [-0.4, -0.2) is 27.5 Å². The van der Waals surface area contributed by atoms with Gasteiger partial charge in [0.2, 0.25) is 0 Å². The highest BCUT2D eigenvalue weighted by atomic mass is 15.2. The minimum Gasteiger partial charge on any atom is -0.330 e. The van der Waals surface area contributed by atoms with Crippen LogP contribution in [0.5, 0.6) is 0 Å². The van der Waals surface area contributed by atoms with E-state index in [1.807, 2.05) is 0 Å². The molecule has 1 heterocycles. The number of fused-ring (bicyclic) bond motifs is 1. The molecule has 25 heavy (non-hydrogen) atoms. The molecule has 0 radical (unpaired) electrons. The smallest absolute Gasteiger partial charge is 0.123 e. The van der Waals surface area contributed by atoms with Crippen LogP contribution < -0.4 is 0 Å². The molecule has 1 fully saturated rings. The summed E-state index contributed by atoms with van der Waals surface area (Å²) in [6, 6.07) is 20.1. The van der Waals surface area contributed by atoms with E-state index >= 15 is 0 Å². The van der Waals surface area contributed by atoms with Crippen LogP contribution in [-0.2, 0) is 13.6 Å². The van der Waals surface area contributed by atoms with Crippen LogP contribution in [0, 0.1) is 0 Å². The van der Waals surface area contributed by atoms with Gasteiger partial charge in [-0.1, -0.05) is 42.5 Å². The molecule has 3 heteroatoms. The van der Waals surface area contributed by atoms with Crippen molar-refractivity contribution in [3.05, 3.63) is 66.0 Å². The zero-order valence-electron chi connectivity index (χ0n) is 15.2. The Balaban J connectivity index is 1.40. The molecule has 0 spiro atoms. The largest absolute Gasteiger partial charge is 0.330 e. The predicted octanol–water partition coefficient (Wildman–Crippen LogP) is 4.73. The second-order valence-corrected chi connectivity index (χ2v) is 7.41. The van der Waals surface area contributed by atoms with E-state index in [4.69, 9.17) is 4.98 Å². The number of rotatable bonds is 4. The molecule has 0 unspecified atom stereocenters. The van der Waals surface area contributed by atoms with Crippen LogP contribution >= 0.6 is 0 Å². The first kappa shape index (κ1) is 16.3. The topological polar surface area (TPSA) is 21.1 Å². The molecule has 1 aliphatic rings. The van der Waals surface area contributed by atoms with Crippen LogP contribution in [0.1, 0.15) is 43.0 Å². The van der Waals surface area contributed by atoms with Gasteiger partial charge in [0.25, 0.3) is 0 Å². The van der Waals surface area contributed by atoms with Crippen molar-refractivity contribution in [2.24, 2.45) is 7.05 Å². The fraction of sp³-hybridized carbons (Fsp3) is 0.409. The summed E-state index contributed by atoms with van der Waals surface area (Å²) in [7, 11) is 4.39. The lowest BCUT2D eigenvalue weighted by atomic mass is 9.81. The quantitative estimate of drug-likeness (QED) is 0.688. The normalized spacial score (nSPS) is 21.1. The second-order valence-electron chi connectivity index (χ2n) is 7.41. The van der Waals surface area contributed by atoms with Gasteiger partial charge in [-0.05, 0) is 56.3 Å². The first-order valence-corrected chi connectivity index (χ1v) is 9.38. The van der Waals surface area contributed by atoms with Crippen molar-refractivity contribution in [2.45, 2.75) is 44.2 Å². The van der Waals surface area contributed by atoms with E-state index in [0.29, 0.717) is 6.04 Å². The molecule has 4 rings (SSSR count). The van der Waals surface area contributed by atoms with Gasteiger partial charge in [-0.15, -0.1) is 0 Å². The summed E-state index contributed by atoms with van der Waals surface area (Å²) in [5.74, 6) is 1.90. The van der Waals surface area contributed by atoms with Crippen LogP contribution in [0.3, 0.4) is 0 Å². The fourth-order valence-corrected chi connectivity index (χ4v) is 4.26. The molecule has 0 aliphatic heterocycles. The number of para-hydroxylation sites is 2. The molecule has 130 valence electrons. The Morgan fingerprint density at radius 2 is 1.64 bits per heavy atom. The van der Waals surface area contributed by atoms with Gasteiger partial charge in [-0.25, -0.2) is 4.98 Å². The number of aryl methyl sites for hydroxylation is 1. The van der Waals surface area contributed by atoms with Gasteiger partial charge in [-0.2, -0.15) is 0 Å². The molecular formula is C22H27N3. The zero-order valence-corrected chi connectivity index (χ0v) is 15.2. The van der Waals surface area contributed by atoms with Crippen molar-refractivity contribution in [3.63, 3.8) is 0 Å². The maximum absolute atomic E-state index is 4.83. The Morgan fingerprint density at radius 1 is 0.960 bits per heavy atom. The molecule has 2 aromatic carbocycles. The molecule has 0 bridgehead atoms. The molecule has 3 nitrogen and oxygen atoms in total. The molecule has 0 amide bonds. The lowest BCUT2D eigenvalue weighted by molar-refractivity contribution is 0.171. The molecule has 1 saturated carbocycles. The van der Waals surface area contributed by atoms with Gasteiger partial charge in [0.05, 0.1) is 17.6 Å². The van der Waals surface area contributed by atoms with Crippen LogP contribution in [0.4, 0.5) is 0 Å². The number of hydrogen-bond acceptors (Lipinski definition) is 2. The minimum atomic E-state index is 0.666. The Morgan fingerprint density at radius 3 is 2.36 bits per heavy atom. The van der Waals surface area contributed by atoms with Gasteiger partial charge >= 0.3 is 0 Å². The van der Waals surface area contributed by atoms with Crippen molar-refractivity contribution in [1.29, 1.82) is 0 Å². The van der Waals surface area contributed by atoms with E-state index in [0.717, 1.165) is 23.8 Å². The summed E-state index contributed by atoms with van der Waals surface area (Å²) >= 11 is 0. The Labute approximate surface area is 150 Å². The number of benzene rings is 2. The second kappa shape index (κ2) is 7.01. The highest BCUT2D eigenvalue weighted by Crippen LogP contribution is 2.34. The zero-order chi connectivity index (χ0) is 17.2. The summed E-state index contributed by atoms with van der Waals surface area (Å²) < 4.78 is 2.24. The predicted molar refractivity (Wildman–Crippen MR) is 104 cm³/mol. The average Bonchev–Trinajstić information content (AvgIpc) is 2.98. The first-order chi connectivity index (χ1) is 12.2. The maximum Gasteiger partial charge on any atom is 0.123 e. The third-order valence-electron chi connectivity index (χ3n) is 5.86. The van der Waals surface area contributed by atoms with E-state index in [1.54, 1.807) is 0 Å². The molecular weight excluding hydrogens is 306 g/mol. The van der Waals surface area contributed by atoms with Gasteiger partial charge in [0.15, 0.2) is 0 Å². The number of nitrogens with zero attached hydrogens (tertiary/aromatic N) is 3. The molecule has 0 atom stereocenters. The Kier molecular flexibility index (Phi) is 4.58. The highest BCUT2D eigenvalue weighted by molar-refractivity contribution is 5.75. The van der Waals surface area contributed by atoms with Crippen LogP contribution in [0.2, 0.25) is 0 Å². The summed E-state index contributed by atoms with van der Waals surface area (Å²) in [5.41, 5.74) is 3.83. The Hall–Kier alpha value is -2.13. The van der Waals surface area contributed by atoms with Crippen molar-refractivity contribution in [2.75, 3.05) is 7.05 Å². The standard InChI is InChI=1S/C22H27N3/c1-24(16-22-23-20-10-6-7-11-21(20)25(22)2)19-14-12-18(13-15-19)17-8-4-3-5-9-17/h3-11,18-19H,12-16H2,1-2H3. The van der Waals surface area contributed by atoms with E-state index in [9.17, 15) is 0 Å². The lowest BCUT2D eigenvalue weighted by Gasteiger charge is -2.34. The van der Waals surface area contributed by atoms with Crippen molar-refractivity contribution in [3.8, 4) is 0 Å². The maximum atomic E-state index is 4.83.